The first-order valence-corrected chi connectivity index (χ1v) is 8.86. The largest absolute Gasteiger partial charge is 0.481 e. The number of hydrogen-bond acceptors (Lipinski definition) is 5. The molecule has 8 nitrogen and oxygen atoms in total. The number of amides is 2. The van der Waals surface area contributed by atoms with E-state index in [0.29, 0.717) is 11.3 Å². The summed E-state index contributed by atoms with van der Waals surface area (Å²) in [4.78, 5) is 34.7. The maximum atomic E-state index is 12.2. The Morgan fingerprint density at radius 3 is 2.41 bits per heavy atom. The van der Waals surface area contributed by atoms with Crippen LogP contribution >= 0.6 is 0 Å². The highest BCUT2D eigenvalue weighted by Gasteiger charge is 2.17. The monoisotopic (exact) mass is 393 g/mol. The molecule has 148 valence electrons. The van der Waals surface area contributed by atoms with E-state index in [0.717, 1.165) is 10.8 Å². The van der Waals surface area contributed by atoms with Crippen LogP contribution < -0.4 is 15.6 Å². The van der Waals surface area contributed by atoms with Gasteiger partial charge in [0.05, 0.1) is 4.92 Å². The zero-order valence-electron chi connectivity index (χ0n) is 15.8. The standard InChI is InChI=1S/C21H19N3O5/c1-13-11-17(8-10-19(13)24(27)28)21(26)23-22-20(25)14(2)29-18-9-7-15-5-3-4-6-16(15)12-18/h3-12,14H,1-2H3,(H,22,25)(H,23,26). The molecule has 0 aliphatic carbocycles. The summed E-state index contributed by atoms with van der Waals surface area (Å²) in [6.07, 6.45) is -0.852. The maximum absolute atomic E-state index is 12.2. The molecule has 2 N–H and O–H groups in total. The number of hydrogen-bond donors (Lipinski definition) is 2. The lowest BCUT2D eigenvalue weighted by Gasteiger charge is -2.15. The number of nitro groups is 1. The highest BCUT2D eigenvalue weighted by Crippen LogP contribution is 2.21. The Hall–Kier alpha value is -3.94. The van der Waals surface area contributed by atoms with E-state index in [1.54, 1.807) is 13.0 Å². The van der Waals surface area contributed by atoms with Gasteiger partial charge in [-0.3, -0.25) is 30.6 Å². The second kappa shape index (κ2) is 8.39. The van der Waals surface area contributed by atoms with Crippen molar-refractivity contribution in [1.82, 2.24) is 10.9 Å². The van der Waals surface area contributed by atoms with Crippen LogP contribution in [-0.4, -0.2) is 22.8 Å². The van der Waals surface area contributed by atoms with Crippen LogP contribution in [0.4, 0.5) is 5.69 Å². The van der Waals surface area contributed by atoms with Gasteiger partial charge in [-0.2, -0.15) is 0 Å². The second-order valence-corrected chi connectivity index (χ2v) is 6.47. The number of hydrazine groups is 1. The topological polar surface area (TPSA) is 111 Å². The van der Waals surface area contributed by atoms with Crippen molar-refractivity contribution in [3.63, 3.8) is 0 Å². The summed E-state index contributed by atoms with van der Waals surface area (Å²) in [7, 11) is 0. The Morgan fingerprint density at radius 2 is 1.72 bits per heavy atom. The van der Waals surface area contributed by atoms with E-state index in [4.69, 9.17) is 4.74 Å². The van der Waals surface area contributed by atoms with Crippen LogP contribution in [0.25, 0.3) is 10.8 Å². The number of nitrogens with zero attached hydrogens (tertiary/aromatic N) is 1. The number of fused-ring (bicyclic) bond motifs is 1. The van der Waals surface area contributed by atoms with Crippen molar-refractivity contribution in [3.05, 3.63) is 81.9 Å². The van der Waals surface area contributed by atoms with Crippen molar-refractivity contribution in [2.45, 2.75) is 20.0 Å². The Kier molecular flexibility index (Phi) is 5.73. The molecule has 29 heavy (non-hydrogen) atoms. The summed E-state index contributed by atoms with van der Waals surface area (Å²) in [6, 6.07) is 17.2. The Morgan fingerprint density at radius 1 is 1.00 bits per heavy atom. The molecule has 0 saturated heterocycles. The van der Waals surface area contributed by atoms with Crippen molar-refractivity contribution < 1.29 is 19.2 Å². The fourth-order valence-corrected chi connectivity index (χ4v) is 2.79. The summed E-state index contributed by atoms with van der Waals surface area (Å²) >= 11 is 0. The molecule has 0 bridgehead atoms. The van der Waals surface area contributed by atoms with Gasteiger partial charge in [-0.15, -0.1) is 0 Å². The van der Waals surface area contributed by atoms with E-state index < -0.39 is 22.8 Å². The Bertz CT molecular complexity index is 1100. The van der Waals surface area contributed by atoms with E-state index in [1.165, 1.54) is 25.1 Å². The summed E-state index contributed by atoms with van der Waals surface area (Å²) < 4.78 is 5.65. The average molecular weight is 393 g/mol. The number of aryl methyl sites for hydroxylation is 1. The van der Waals surface area contributed by atoms with Gasteiger partial charge in [0.25, 0.3) is 17.5 Å². The minimum absolute atomic E-state index is 0.0806. The Balaban J connectivity index is 1.58. The van der Waals surface area contributed by atoms with Gasteiger partial charge in [-0.25, -0.2) is 0 Å². The first kappa shape index (κ1) is 19.8. The van der Waals surface area contributed by atoms with Crippen LogP contribution in [0.2, 0.25) is 0 Å². The molecular weight excluding hydrogens is 374 g/mol. The van der Waals surface area contributed by atoms with E-state index in [2.05, 4.69) is 10.9 Å². The molecule has 0 aromatic heterocycles. The number of rotatable bonds is 5. The first-order chi connectivity index (χ1) is 13.8. The van der Waals surface area contributed by atoms with Crippen LogP contribution in [0.1, 0.15) is 22.8 Å². The molecule has 0 spiro atoms. The third kappa shape index (κ3) is 4.67. The number of ether oxygens (including phenoxy) is 1. The lowest BCUT2D eigenvalue weighted by molar-refractivity contribution is -0.385. The predicted octanol–water partition coefficient (Wildman–Crippen LogP) is 3.28. The van der Waals surface area contributed by atoms with Gasteiger partial charge >= 0.3 is 0 Å². The fraction of sp³-hybridized carbons (Fsp3) is 0.143. The van der Waals surface area contributed by atoms with E-state index in [9.17, 15) is 19.7 Å². The molecular formula is C21H19N3O5. The average Bonchev–Trinajstić information content (AvgIpc) is 2.71. The van der Waals surface area contributed by atoms with Gasteiger partial charge < -0.3 is 4.74 Å². The van der Waals surface area contributed by atoms with Crippen LogP contribution in [0.3, 0.4) is 0 Å². The summed E-state index contributed by atoms with van der Waals surface area (Å²) in [6.45, 7) is 3.10. The first-order valence-electron chi connectivity index (χ1n) is 8.86. The van der Waals surface area contributed by atoms with Crippen molar-refractivity contribution in [2.75, 3.05) is 0 Å². The highest BCUT2D eigenvalue weighted by molar-refractivity contribution is 5.96. The van der Waals surface area contributed by atoms with Crippen molar-refractivity contribution >= 4 is 28.3 Å². The number of nitrogens with one attached hydrogen (secondary N) is 2. The van der Waals surface area contributed by atoms with Gasteiger partial charge in [0.2, 0.25) is 0 Å². The zero-order chi connectivity index (χ0) is 21.0. The van der Waals surface area contributed by atoms with E-state index in [1.807, 2.05) is 36.4 Å². The normalized spacial score (nSPS) is 11.5. The molecule has 8 heteroatoms. The number of carbonyl (C=O) groups is 2. The molecule has 0 aliphatic heterocycles. The number of carbonyl (C=O) groups excluding carboxylic acids is 2. The minimum atomic E-state index is -0.852. The molecule has 3 aromatic carbocycles. The van der Waals surface area contributed by atoms with Crippen molar-refractivity contribution in [1.29, 1.82) is 0 Å². The zero-order valence-corrected chi connectivity index (χ0v) is 15.8. The molecule has 1 unspecified atom stereocenters. The number of nitro benzene ring substituents is 1. The second-order valence-electron chi connectivity index (χ2n) is 6.47. The van der Waals surface area contributed by atoms with Gasteiger partial charge in [0.15, 0.2) is 6.10 Å². The molecule has 3 rings (SSSR count). The van der Waals surface area contributed by atoms with Crippen LogP contribution in [0, 0.1) is 17.0 Å². The van der Waals surface area contributed by atoms with Gasteiger partial charge in [0, 0.05) is 17.2 Å². The summed E-state index contributed by atoms with van der Waals surface area (Å²) in [5.41, 5.74) is 5.04. The van der Waals surface area contributed by atoms with Gasteiger partial charge in [0.1, 0.15) is 5.75 Å². The molecule has 0 fully saturated rings. The quantitative estimate of drug-likeness (QED) is 0.510. The van der Waals surface area contributed by atoms with E-state index in [-0.39, 0.29) is 11.3 Å². The third-order valence-corrected chi connectivity index (χ3v) is 4.36. The van der Waals surface area contributed by atoms with Crippen LogP contribution in [-0.2, 0) is 4.79 Å². The van der Waals surface area contributed by atoms with Gasteiger partial charge in [-0.05, 0) is 48.9 Å². The van der Waals surface area contributed by atoms with Crippen molar-refractivity contribution in [2.24, 2.45) is 0 Å². The molecule has 3 aromatic rings. The maximum Gasteiger partial charge on any atom is 0.279 e. The third-order valence-electron chi connectivity index (χ3n) is 4.36. The molecule has 0 radical (unpaired) electrons. The van der Waals surface area contributed by atoms with Crippen LogP contribution in [0.5, 0.6) is 5.75 Å². The lowest BCUT2D eigenvalue weighted by atomic mass is 10.1. The van der Waals surface area contributed by atoms with Gasteiger partial charge in [-0.1, -0.05) is 30.3 Å². The van der Waals surface area contributed by atoms with E-state index >= 15 is 0 Å². The SMILES string of the molecule is Cc1cc(C(=O)NNC(=O)C(C)Oc2ccc3ccccc3c2)ccc1[N+](=O)[O-]. The minimum Gasteiger partial charge on any atom is -0.481 e. The molecule has 2 amide bonds. The highest BCUT2D eigenvalue weighted by atomic mass is 16.6. The predicted molar refractivity (Wildman–Crippen MR) is 107 cm³/mol. The summed E-state index contributed by atoms with van der Waals surface area (Å²) in [5, 5.41) is 12.9. The number of benzene rings is 3. The fourth-order valence-electron chi connectivity index (χ4n) is 2.79. The Labute approximate surface area is 166 Å². The van der Waals surface area contributed by atoms with Crippen LogP contribution in [0.15, 0.2) is 60.7 Å². The molecule has 0 saturated carbocycles. The molecule has 0 heterocycles. The van der Waals surface area contributed by atoms with Crippen molar-refractivity contribution in [3.8, 4) is 5.75 Å². The summed E-state index contributed by atoms with van der Waals surface area (Å²) in [5.74, 6) is -0.594. The molecule has 0 aliphatic rings. The smallest absolute Gasteiger partial charge is 0.279 e. The lowest BCUT2D eigenvalue weighted by Crippen LogP contribution is -2.47. The molecule has 1 atom stereocenters.